The number of alkyl halides is 27. The van der Waals surface area contributed by atoms with Crippen LogP contribution in [0.25, 0.3) is 0 Å². The summed E-state index contributed by atoms with van der Waals surface area (Å²) in [4.78, 5) is 0. The van der Waals surface area contributed by atoms with Crippen molar-refractivity contribution in [2.24, 2.45) is 0 Å². The normalized spacial score (nSPS) is 17.3. The Morgan fingerprint density at radius 2 is 0.293 bits per heavy atom. The summed E-state index contributed by atoms with van der Waals surface area (Å²) in [6.45, 7) is -3.56. The molecule has 0 spiro atoms. The molecular formula is C13H3BF27-. The summed E-state index contributed by atoms with van der Waals surface area (Å²) in [5, 5.41) is -31.1. The van der Waals surface area contributed by atoms with Crippen molar-refractivity contribution in [2.45, 2.75) is 78.4 Å². The molecule has 0 aromatic rings. The summed E-state index contributed by atoms with van der Waals surface area (Å²) in [6, 6.07) is 0. The Labute approximate surface area is 204 Å². The molecule has 0 nitrogen and oxygen atoms in total. The monoisotopic (exact) mass is 683 g/mol. The van der Waals surface area contributed by atoms with Gasteiger partial charge in [-0.25, -0.2) is 0 Å². The average molecular weight is 683 g/mol. The van der Waals surface area contributed by atoms with Gasteiger partial charge >= 0.3 is 55.6 Å². The minimum Gasteiger partial charge on any atom is -0.185 e. The van der Waals surface area contributed by atoms with Crippen LogP contribution in [0.4, 0.5) is 119 Å². The van der Waals surface area contributed by atoms with Gasteiger partial charge in [0.05, 0.1) is 0 Å². The first-order valence-electron chi connectivity index (χ1n) is 8.80. The summed E-state index contributed by atoms with van der Waals surface area (Å²) in [5.41, 5.74) is 0. The number of halogens is 27. The van der Waals surface area contributed by atoms with E-state index in [1.807, 2.05) is 0 Å². The molecule has 0 unspecified atom stereocenters. The minimum absolute atomic E-state index is 3.56. The molecule has 0 aliphatic carbocycles. The Hall–Kier alpha value is -1.83. The first kappa shape index (κ1) is 39.2. The van der Waals surface area contributed by atoms with Crippen molar-refractivity contribution in [3.63, 3.8) is 0 Å². The Morgan fingerprint density at radius 3 is 0.341 bits per heavy atom. The molecule has 0 aliphatic heterocycles. The smallest absolute Gasteiger partial charge is 0.185 e. The SMILES string of the molecule is C[B-](C(C(F)(F)F)(C(F)(F)F)C(F)(F)F)(C(C(F)(F)F)(C(F)(F)F)C(F)(F)F)C(C(F)(F)F)(C(F)(F)F)C(F)(F)F. The largest absolute Gasteiger partial charge is 0.380 e. The van der Waals surface area contributed by atoms with Gasteiger partial charge in [-0.2, -0.15) is 125 Å². The molecule has 0 aliphatic rings. The van der Waals surface area contributed by atoms with Gasteiger partial charge in [-0.15, -0.1) is 0 Å². The lowest BCUT2D eigenvalue weighted by Gasteiger charge is -2.70. The van der Waals surface area contributed by atoms with E-state index < -0.39 is 84.5 Å². The quantitative estimate of drug-likeness (QED) is 0.205. The van der Waals surface area contributed by atoms with Gasteiger partial charge in [0.15, 0.2) is 0 Å². The van der Waals surface area contributed by atoms with Crippen molar-refractivity contribution >= 4 is 6.15 Å². The second-order valence-corrected chi connectivity index (χ2v) is 8.20. The molecule has 0 rings (SSSR count). The minimum atomic E-state index is -11.5. The van der Waals surface area contributed by atoms with Gasteiger partial charge in [-0.1, -0.05) is 0 Å². The van der Waals surface area contributed by atoms with E-state index in [0.29, 0.717) is 0 Å². The van der Waals surface area contributed by atoms with Crippen molar-refractivity contribution in [3.8, 4) is 0 Å². The molecule has 0 bridgehead atoms. The van der Waals surface area contributed by atoms with Gasteiger partial charge in [0.2, 0.25) is 0 Å². The first-order chi connectivity index (χ1) is 17.0. The highest BCUT2D eigenvalue weighted by atomic mass is 19.5. The van der Waals surface area contributed by atoms with Crippen molar-refractivity contribution in [1.29, 1.82) is 0 Å². The number of rotatable bonds is 3. The summed E-state index contributed by atoms with van der Waals surface area (Å²) in [7, 11) is 0. The standard InChI is InChI=1S/C13H3BF27/c1-14(2(5(15,16)17,6(18,19)20)7(21,22)23,3(8(24,25)26,9(27,28)29)10(30,31)32)4(11(33,34)35,12(36,37)38)13(39,40)41/h1H3/q-1. The lowest BCUT2D eigenvalue weighted by atomic mass is 8.96. The van der Waals surface area contributed by atoms with E-state index in [2.05, 4.69) is 0 Å². The van der Waals surface area contributed by atoms with E-state index in [9.17, 15) is 119 Å². The van der Waals surface area contributed by atoms with Gasteiger partial charge in [0.1, 0.15) is 22.1 Å². The third-order valence-corrected chi connectivity index (χ3v) is 6.62. The van der Waals surface area contributed by atoms with Gasteiger partial charge in [-0.05, 0) is 0 Å². The Morgan fingerprint density at radius 1 is 0.220 bits per heavy atom. The van der Waals surface area contributed by atoms with Crippen molar-refractivity contribution in [3.05, 3.63) is 0 Å². The lowest BCUT2D eigenvalue weighted by molar-refractivity contribution is -0.401. The maximum absolute atomic E-state index is 13.6. The molecule has 0 aromatic carbocycles. The summed E-state index contributed by atoms with van der Waals surface area (Å²) >= 11 is 0. The highest BCUT2D eigenvalue weighted by molar-refractivity contribution is 6.89. The third-order valence-electron chi connectivity index (χ3n) is 6.62. The summed E-state index contributed by atoms with van der Waals surface area (Å²) < 4.78 is 368. The van der Waals surface area contributed by atoms with Crippen LogP contribution in [0.2, 0.25) is 22.8 Å². The predicted octanol–water partition coefficient (Wildman–Crippen LogP) is 10.3. The second kappa shape index (κ2) is 9.09. The van der Waals surface area contributed by atoms with Gasteiger partial charge in [0, 0.05) is 0 Å². The molecule has 0 saturated carbocycles. The van der Waals surface area contributed by atoms with Gasteiger partial charge < -0.3 is 0 Å². The zero-order valence-electron chi connectivity index (χ0n) is 17.8. The molecule has 0 atom stereocenters. The van der Waals surface area contributed by atoms with Crippen LogP contribution < -0.4 is 0 Å². The van der Waals surface area contributed by atoms with E-state index in [4.69, 9.17) is 0 Å². The average Bonchev–Trinajstić information content (AvgIpc) is 2.40. The van der Waals surface area contributed by atoms with Crippen LogP contribution in [0.5, 0.6) is 0 Å². The fourth-order valence-corrected chi connectivity index (χ4v) is 5.37. The molecule has 0 radical (unpaired) electrons. The molecule has 248 valence electrons. The van der Waals surface area contributed by atoms with Crippen LogP contribution in [-0.4, -0.2) is 61.7 Å². The third kappa shape index (κ3) is 4.43. The van der Waals surface area contributed by atoms with E-state index >= 15 is 0 Å². The fourth-order valence-electron chi connectivity index (χ4n) is 5.37. The summed E-state index contributed by atoms with van der Waals surface area (Å²) in [6.07, 6.45) is -99.1. The Bertz CT molecular complexity index is 700. The second-order valence-electron chi connectivity index (χ2n) is 8.20. The zero-order valence-corrected chi connectivity index (χ0v) is 17.8. The van der Waals surface area contributed by atoms with Crippen molar-refractivity contribution in [1.82, 2.24) is 0 Å². The molecule has 41 heavy (non-hydrogen) atoms. The van der Waals surface area contributed by atoms with Crippen LogP contribution in [0.3, 0.4) is 0 Å². The molecule has 0 amide bonds. The first-order valence-corrected chi connectivity index (χ1v) is 8.80. The predicted molar refractivity (Wildman–Crippen MR) is 74.2 cm³/mol. The molecule has 0 aromatic heterocycles. The molecule has 0 N–H and O–H groups in total. The number of hydrogen-bond acceptors (Lipinski definition) is 0. The Kier molecular flexibility index (Phi) is 8.69. The van der Waals surface area contributed by atoms with Crippen LogP contribution in [0, 0.1) is 0 Å². The molecule has 0 saturated heterocycles. The topological polar surface area (TPSA) is 0 Å². The number of hydrogen-bond donors (Lipinski definition) is 0. The molecular weight excluding hydrogens is 680 g/mol. The van der Waals surface area contributed by atoms with Crippen molar-refractivity contribution in [2.75, 3.05) is 0 Å². The van der Waals surface area contributed by atoms with E-state index in [0.717, 1.165) is 0 Å². The van der Waals surface area contributed by atoms with Crippen molar-refractivity contribution < 1.29 is 119 Å². The molecule has 0 fully saturated rings. The van der Waals surface area contributed by atoms with Gasteiger partial charge in [-0.3, -0.25) is 0 Å². The molecule has 28 heteroatoms. The van der Waals surface area contributed by atoms with Crippen LogP contribution in [0.1, 0.15) is 0 Å². The summed E-state index contributed by atoms with van der Waals surface area (Å²) in [5.74, 6) is 0. The molecule has 0 heterocycles. The highest BCUT2D eigenvalue weighted by Gasteiger charge is 3.05. The fraction of sp³-hybridized carbons (Fsp3) is 1.00. The van der Waals surface area contributed by atoms with E-state index in [1.54, 1.807) is 0 Å². The van der Waals surface area contributed by atoms with E-state index in [-0.39, 0.29) is 0 Å². The van der Waals surface area contributed by atoms with Crippen LogP contribution >= 0.6 is 0 Å². The van der Waals surface area contributed by atoms with Gasteiger partial charge in [0.25, 0.3) is 0 Å². The maximum Gasteiger partial charge on any atom is 0.380 e. The highest BCUT2D eigenvalue weighted by Crippen LogP contribution is 2.90. The zero-order chi connectivity index (χ0) is 34.5. The van der Waals surface area contributed by atoms with Crippen LogP contribution in [-0.2, 0) is 0 Å². The van der Waals surface area contributed by atoms with Crippen LogP contribution in [0.15, 0.2) is 0 Å². The maximum atomic E-state index is 13.6. The van der Waals surface area contributed by atoms with E-state index in [1.165, 1.54) is 0 Å². The Balaban J connectivity index is 10.5. The lowest BCUT2D eigenvalue weighted by Crippen LogP contribution is -2.87.